The molecule has 0 heterocycles. The van der Waals surface area contributed by atoms with Crippen molar-refractivity contribution in [3.05, 3.63) is 34.3 Å². The van der Waals surface area contributed by atoms with Gasteiger partial charge in [0.2, 0.25) is 5.91 Å². The quantitative estimate of drug-likeness (QED) is 0.839. The second-order valence-corrected chi connectivity index (χ2v) is 6.01. The topological polar surface area (TPSA) is 72.3 Å². The van der Waals surface area contributed by atoms with Gasteiger partial charge in [-0.15, -0.1) is 0 Å². The summed E-state index contributed by atoms with van der Waals surface area (Å²) < 4.78 is 0.999. The summed E-state index contributed by atoms with van der Waals surface area (Å²) in [5.74, 6) is -0.339. The lowest BCUT2D eigenvalue weighted by Crippen LogP contribution is -2.46. The van der Waals surface area contributed by atoms with Crippen molar-refractivity contribution >= 4 is 21.8 Å². The van der Waals surface area contributed by atoms with Crippen LogP contribution in [0.2, 0.25) is 0 Å². The average molecular weight is 328 g/mol. The number of hydrogen-bond acceptors (Lipinski definition) is 3. The minimum atomic E-state index is -0.339. The number of nitrogens with zero attached hydrogens (tertiary/aromatic N) is 1. The van der Waals surface area contributed by atoms with Gasteiger partial charge in [-0.05, 0) is 38.5 Å². The number of carbonyl (C=O) groups is 1. The molecule has 0 aliphatic heterocycles. The van der Waals surface area contributed by atoms with Crippen LogP contribution in [0.4, 0.5) is 0 Å². The third-order valence-corrected chi connectivity index (χ3v) is 3.54. The van der Waals surface area contributed by atoms with E-state index in [9.17, 15) is 4.79 Å². The van der Waals surface area contributed by atoms with Gasteiger partial charge in [-0.1, -0.05) is 28.1 Å². The lowest BCUT2D eigenvalue weighted by molar-refractivity contribution is -0.120. The van der Waals surface area contributed by atoms with E-state index in [0.717, 1.165) is 10.0 Å². The maximum absolute atomic E-state index is 11.3. The summed E-state index contributed by atoms with van der Waals surface area (Å²) >= 11 is 3.47. The van der Waals surface area contributed by atoms with Gasteiger partial charge in [0.1, 0.15) is 0 Å². The lowest BCUT2D eigenvalue weighted by Gasteiger charge is -2.36. The number of benzene rings is 1. The Kier molecular flexibility index (Phi) is 5.97. The van der Waals surface area contributed by atoms with Crippen molar-refractivity contribution in [2.75, 3.05) is 6.54 Å². The average Bonchev–Trinajstić information content (AvgIpc) is 2.27. The third kappa shape index (κ3) is 4.60. The molecule has 0 saturated carbocycles. The van der Waals surface area contributed by atoms with Crippen LogP contribution < -0.4 is 11.5 Å². The Morgan fingerprint density at radius 2 is 2.00 bits per heavy atom. The van der Waals surface area contributed by atoms with Crippen molar-refractivity contribution in [3.8, 4) is 0 Å². The van der Waals surface area contributed by atoms with Crippen LogP contribution in [0, 0.1) is 0 Å². The molecule has 2 atom stereocenters. The fourth-order valence-corrected chi connectivity index (χ4v) is 2.69. The SMILES string of the molecule is CC(N)C(c1cccc(Br)c1)N(CC(N)=O)C(C)C. The van der Waals surface area contributed by atoms with Crippen LogP contribution in [-0.4, -0.2) is 29.4 Å². The Labute approximate surface area is 123 Å². The number of halogens is 1. The molecule has 4 nitrogen and oxygen atoms in total. The zero-order valence-corrected chi connectivity index (χ0v) is 13.2. The second kappa shape index (κ2) is 7.03. The molecule has 1 rings (SSSR count). The van der Waals surface area contributed by atoms with Crippen molar-refractivity contribution in [2.24, 2.45) is 11.5 Å². The van der Waals surface area contributed by atoms with E-state index in [0.29, 0.717) is 0 Å². The Hall–Kier alpha value is -0.910. The van der Waals surface area contributed by atoms with Crippen LogP contribution in [0.3, 0.4) is 0 Å². The molecule has 0 saturated heterocycles. The Morgan fingerprint density at radius 3 is 2.42 bits per heavy atom. The van der Waals surface area contributed by atoms with Crippen molar-refractivity contribution in [1.29, 1.82) is 0 Å². The summed E-state index contributed by atoms with van der Waals surface area (Å²) in [7, 11) is 0. The Morgan fingerprint density at radius 1 is 1.37 bits per heavy atom. The fraction of sp³-hybridized carbons (Fsp3) is 0.500. The number of primary amides is 1. The van der Waals surface area contributed by atoms with E-state index in [2.05, 4.69) is 15.9 Å². The molecule has 5 heteroatoms. The maximum Gasteiger partial charge on any atom is 0.231 e. The van der Waals surface area contributed by atoms with E-state index >= 15 is 0 Å². The summed E-state index contributed by atoms with van der Waals surface area (Å²) in [4.78, 5) is 13.3. The molecule has 0 aromatic heterocycles. The Bertz CT molecular complexity index is 434. The number of amides is 1. The number of rotatable bonds is 6. The predicted molar refractivity (Wildman–Crippen MR) is 81.6 cm³/mol. The molecular formula is C14H22BrN3O. The lowest BCUT2D eigenvalue weighted by atomic mass is 9.98. The highest BCUT2D eigenvalue weighted by atomic mass is 79.9. The van der Waals surface area contributed by atoms with Gasteiger partial charge in [-0.3, -0.25) is 9.69 Å². The van der Waals surface area contributed by atoms with Crippen molar-refractivity contribution in [3.63, 3.8) is 0 Å². The molecule has 2 unspecified atom stereocenters. The summed E-state index contributed by atoms with van der Waals surface area (Å²) in [6.45, 7) is 6.23. The minimum Gasteiger partial charge on any atom is -0.369 e. The molecule has 0 aliphatic carbocycles. The molecule has 1 amide bonds. The molecule has 0 radical (unpaired) electrons. The fourth-order valence-electron chi connectivity index (χ4n) is 2.27. The van der Waals surface area contributed by atoms with Crippen molar-refractivity contribution in [1.82, 2.24) is 4.90 Å². The number of hydrogen-bond donors (Lipinski definition) is 2. The molecule has 1 aromatic carbocycles. The smallest absolute Gasteiger partial charge is 0.231 e. The van der Waals surface area contributed by atoms with Crippen LogP contribution in [0.25, 0.3) is 0 Å². The summed E-state index contributed by atoms with van der Waals surface area (Å²) in [5.41, 5.74) is 12.6. The highest BCUT2D eigenvalue weighted by Crippen LogP contribution is 2.27. The van der Waals surface area contributed by atoms with Gasteiger partial charge in [-0.25, -0.2) is 0 Å². The molecule has 19 heavy (non-hydrogen) atoms. The van der Waals surface area contributed by atoms with Gasteiger partial charge in [0, 0.05) is 16.6 Å². The van der Waals surface area contributed by atoms with Gasteiger partial charge in [-0.2, -0.15) is 0 Å². The zero-order chi connectivity index (χ0) is 14.6. The predicted octanol–water partition coefficient (Wildman–Crippen LogP) is 2.03. The molecular weight excluding hydrogens is 306 g/mol. The van der Waals surface area contributed by atoms with Crippen molar-refractivity contribution in [2.45, 2.75) is 38.9 Å². The second-order valence-electron chi connectivity index (χ2n) is 5.09. The van der Waals surface area contributed by atoms with Crippen LogP contribution in [-0.2, 0) is 4.79 Å². The van der Waals surface area contributed by atoms with Gasteiger partial charge in [0.25, 0.3) is 0 Å². The summed E-state index contributed by atoms with van der Waals surface area (Å²) in [5, 5.41) is 0. The largest absolute Gasteiger partial charge is 0.369 e. The van der Waals surface area contributed by atoms with Crippen LogP contribution in [0.15, 0.2) is 28.7 Å². The first-order valence-corrected chi connectivity index (χ1v) is 7.17. The van der Waals surface area contributed by atoms with Gasteiger partial charge >= 0.3 is 0 Å². The van der Waals surface area contributed by atoms with Gasteiger partial charge < -0.3 is 11.5 Å². The highest BCUT2D eigenvalue weighted by Gasteiger charge is 2.27. The third-order valence-electron chi connectivity index (χ3n) is 3.05. The molecule has 0 spiro atoms. The first-order chi connectivity index (χ1) is 8.82. The first-order valence-electron chi connectivity index (χ1n) is 6.38. The molecule has 1 aromatic rings. The molecule has 4 N–H and O–H groups in total. The van der Waals surface area contributed by atoms with Crippen LogP contribution in [0.5, 0.6) is 0 Å². The maximum atomic E-state index is 11.3. The van der Waals surface area contributed by atoms with E-state index in [-0.39, 0.29) is 30.6 Å². The van der Waals surface area contributed by atoms with Crippen molar-refractivity contribution < 1.29 is 4.79 Å². The first kappa shape index (κ1) is 16.1. The molecule has 0 aliphatic rings. The van der Waals surface area contributed by atoms with E-state index in [4.69, 9.17) is 11.5 Å². The van der Waals surface area contributed by atoms with Gasteiger partial charge in [0.15, 0.2) is 0 Å². The van der Waals surface area contributed by atoms with Crippen LogP contribution in [0.1, 0.15) is 32.4 Å². The monoisotopic (exact) mass is 327 g/mol. The Balaban J connectivity index is 3.13. The zero-order valence-electron chi connectivity index (χ0n) is 11.6. The van der Waals surface area contributed by atoms with E-state index in [1.54, 1.807) is 0 Å². The highest BCUT2D eigenvalue weighted by molar-refractivity contribution is 9.10. The standard InChI is InChI=1S/C14H22BrN3O/c1-9(2)18(8-13(17)19)14(10(3)16)11-5-4-6-12(15)7-11/h4-7,9-10,14H,8,16H2,1-3H3,(H2,17,19). The van der Waals surface area contributed by atoms with E-state index in [1.807, 2.05) is 49.9 Å². The molecule has 0 fully saturated rings. The van der Waals surface area contributed by atoms with E-state index < -0.39 is 0 Å². The number of carbonyl (C=O) groups excluding carboxylic acids is 1. The normalized spacial score (nSPS) is 14.7. The minimum absolute atomic E-state index is 0.0370. The summed E-state index contributed by atoms with van der Waals surface area (Å²) in [6, 6.07) is 8.04. The van der Waals surface area contributed by atoms with E-state index in [1.165, 1.54) is 0 Å². The van der Waals surface area contributed by atoms with Gasteiger partial charge in [0.05, 0.1) is 12.6 Å². The molecule has 0 bridgehead atoms. The molecule has 106 valence electrons. The summed E-state index contributed by atoms with van der Waals surface area (Å²) in [6.07, 6.45) is 0. The number of nitrogens with two attached hydrogens (primary N) is 2. The van der Waals surface area contributed by atoms with Crippen LogP contribution >= 0.6 is 15.9 Å².